The second kappa shape index (κ2) is 6.41. The molecule has 1 fully saturated rings. The summed E-state index contributed by atoms with van der Waals surface area (Å²) >= 11 is 0. The Morgan fingerprint density at radius 3 is 2.86 bits per heavy atom. The van der Waals surface area contributed by atoms with E-state index in [0.717, 1.165) is 19.5 Å². The number of likely N-dealkylation sites (tertiary alicyclic amines) is 1. The first-order valence-electron chi connectivity index (χ1n) is 7.15. The van der Waals surface area contributed by atoms with Gasteiger partial charge in [-0.25, -0.2) is 4.39 Å². The van der Waals surface area contributed by atoms with Crippen molar-refractivity contribution in [3.05, 3.63) is 24.0 Å². The Morgan fingerprint density at radius 2 is 2.24 bits per heavy atom. The highest BCUT2D eigenvalue weighted by Crippen LogP contribution is 2.20. The second-order valence-electron chi connectivity index (χ2n) is 5.81. The van der Waals surface area contributed by atoms with Crippen molar-refractivity contribution >= 4 is 17.3 Å². The molecule has 0 radical (unpaired) electrons. The largest absolute Gasteiger partial charge is 0.399 e. The highest BCUT2D eigenvalue weighted by atomic mass is 19.1. The van der Waals surface area contributed by atoms with Gasteiger partial charge in [-0.05, 0) is 45.6 Å². The Kier molecular flexibility index (Phi) is 4.80. The Bertz CT molecular complexity index is 520. The van der Waals surface area contributed by atoms with Crippen molar-refractivity contribution in [1.82, 2.24) is 9.80 Å². The molecule has 0 aromatic heterocycles. The Labute approximate surface area is 124 Å². The fourth-order valence-electron chi connectivity index (χ4n) is 2.58. The molecule has 6 heteroatoms. The van der Waals surface area contributed by atoms with Crippen LogP contribution in [0.1, 0.15) is 13.3 Å². The molecule has 1 aromatic carbocycles. The summed E-state index contributed by atoms with van der Waals surface area (Å²) in [5, 5.41) is 2.62. The van der Waals surface area contributed by atoms with E-state index in [4.69, 9.17) is 5.73 Å². The van der Waals surface area contributed by atoms with Gasteiger partial charge >= 0.3 is 0 Å². The first-order chi connectivity index (χ1) is 9.88. The molecule has 1 saturated heterocycles. The number of rotatable bonds is 4. The molecule has 21 heavy (non-hydrogen) atoms. The Morgan fingerprint density at radius 1 is 1.52 bits per heavy atom. The summed E-state index contributed by atoms with van der Waals surface area (Å²) < 4.78 is 13.6. The summed E-state index contributed by atoms with van der Waals surface area (Å²) in [6, 6.07) is 4.33. The molecule has 0 saturated carbocycles. The van der Waals surface area contributed by atoms with Crippen LogP contribution in [-0.4, -0.2) is 55.0 Å². The fraction of sp³-hybridized carbons (Fsp3) is 0.533. The average Bonchev–Trinajstić information content (AvgIpc) is 2.91. The zero-order valence-corrected chi connectivity index (χ0v) is 12.8. The lowest BCUT2D eigenvalue weighted by molar-refractivity contribution is -0.120. The minimum Gasteiger partial charge on any atom is -0.399 e. The number of carbonyl (C=O) groups excluding carboxylic acids is 1. The SMILES string of the molecule is CC(C(=O)Nc1cc(N)ccc1F)N1CCC(N(C)C)C1. The first-order valence-corrected chi connectivity index (χ1v) is 7.15. The number of anilines is 2. The summed E-state index contributed by atoms with van der Waals surface area (Å²) in [5.41, 5.74) is 6.18. The predicted molar refractivity (Wildman–Crippen MR) is 82.6 cm³/mol. The number of hydrogen-bond acceptors (Lipinski definition) is 4. The van der Waals surface area contributed by atoms with Crippen LogP contribution in [-0.2, 0) is 4.79 Å². The van der Waals surface area contributed by atoms with E-state index in [2.05, 4.69) is 15.1 Å². The molecule has 3 N–H and O–H groups in total. The van der Waals surface area contributed by atoms with Crippen molar-refractivity contribution in [2.75, 3.05) is 38.2 Å². The zero-order valence-electron chi connectivity index (χ0n) is 12.8. The summed E-state index contributed by atoms with van der Waals surface area (Å²) in [6.07, 6.45) is 1.04. The topological polar surface area (TPSA) is 61.6 Å². The fourth-order valence-corrected chi connectivity index (χ4v) is 2.58. The summed E-state index contributed by atoms with van der Waals surface area (Å²) in [6.45, 7) is 3.56. The number of carbonyl (C=O) groups is 1. The van der Waals surface area contributed by atoms with Gasteiger partial charge in [-0.2, -0.15) is 0 Å². The average molecular weight is 294 g/mol. The molecule has 1 aliphatic heterocycles. The molecule has 1 amide bonds. The number of halogens is 1. The molecule has 0 bridgehead atoms. The van der Waals surface area contributed by atoms with Gasteiger partial charge in [0, 0.05) is 24.8 Å². The van der Waals surface area contributed by atoms with E-state index in [1.165, 1.54) is 18.2 Å². The number of nitrogens with two attached hydrogens (primary N) is 1. The van der Waals surface area contributed by atoms with E-state index in [-0.39, 0.29) is 17.6 Å². The third-order valence-electron chi connectivity index (χ3n) is 4.10. The van der Waals surface area contributed by atoms with Crippen LogP contribution in [0.25, 0.3) is 0 Å². The van der Waals surface area contributed by atoms with E-state index in [0.29, 0.717) is 11.7 Å². The lowest BCUT2D eigenvalue weighted by Gasteiger charge is -2.25. The lowest BCUT2D eigenvalue weighted by Crippen LogP contribution is -2.42. The number of amides is 1. The number of nitrogens with one attached hydrogen (secondary N) is 1. The van der Waals surface area contributed by atoms with Gasteiger partial charge in [0.2, 0.25) is 5.91 Å². The molecule has 2 rings (SSSR count). The van der Waals surface area contributed by atoms with Crippen LogP contribution >= 0.6 is 0 Å². The van der Waals surface area contributed by atoms with Gasteiger partial charge in [0.05, 0.1) is 11.7 Å². The standard InChI is InChI=1S/C15H23FN4O/c1-10(20-7-6-12(9-20)19(2)3)15(21)18-14-8-11(17)4-5-13(14)16/h4-5,8,10,12H,6-7,9,17H2,1-3H3,(H,18,21). The van der Waals surface area contributed by atoms with Crippen LogP contribution in [0.15, 0.2) is 18.2 Å². The molecule has 2 atom stereocenters. The van der Waals surface area contributed by atoms with E-state index < -0.39 is 5.82 Å². The number of nitrogens with zero attached hydrogens (tertiary/aromatic N) is 2. The molecule has 0 spiro atoms. The van der Waals surface area contributed by atoms with Crippen molar-refractivity contribution in [2.45, 2.75) is 25.4 Å². The highest BCUT2D eigenvalue weighted by Gasteiger charge is 2.30. The highest BCUT2D eigenvalue weighted by molar-refractivity contribution is 5.95. The van der Waals surface area contributed by atoms with Gasteiger partial charge in [0.15, 0.2) is 0 Å². The molecular formula is C15H23FN4O. The van der Waals surface area contributed by atoms with Crippen LogP contribution in [0, 0.1) is 5.82 Å². The third-order valence-corrected chi connectivity index (χ3v) is 4.10. The van der Waals surface area contributed by atoms with Crippen LogP contribution in [0.5, 0.6) is 0 Å². The number of hydrogen-bond donors (Lipinski definition) is 2. The smallest absolute Gasteiger partial charge is 0.241 e. The Balaban J connectivity index is 1.99. The first kappa shape index (κ1) is 15.7. The predicted octanol–water partition coefficient (Wildman–Crippen LogP) is 1.37. The van der Waals surface area contributed by atoms with Crippen LogP contribution in [0.2, 0.25) is 0 Å². The third kappa shape index (κ3) is 3.71. The van der Waals surface area contributed by atoms with E-state index >= 15 is 0 Å². The van der Waals surface area contributed by atoms with Crippen LogP contribution in [0.3, 0.4) is 0 Å². The summed E-state index contributed by atoms with van der Waals surface area (Å²) in [4.78, 5) is 16.5. The molecule has 5 nitrogen and oxygen atoms in total. The van der Waals surface area contributed by atoms with Crippen molar-refractivity contribution in [3.63, 3.8) is 0 Å². The number of benzene rings is 1. The molecule has 116 valence electrons. The van der Waals surface area contributed by atoms with Gasteiger partial charge < -0.3 is 16.0 Å². The maximum Gasteiger partial charge on any atom is 0.241 e. The maximum absolute atomic E-state index is 13.6. The number of nitrogen functional groups attached to an aromatic ring is 1. The zero-order chi connectivity index (χ0) is 15.6. The minimum atomic E-state index is -0.475. The van der Waals surface area contributed by atoms with Gasteiger partial charge in [0.25, 0.3) is 0 Å². The summed E-state index contributed by atoms with van der Waals surface area (Å²) in [5.74, 6) is -0.684. The van der Waals surface area contributed by atoms with E-state index in [9.17, 15) is 9.18 Å². The van der Waals surface area contributed by atoms with E-state index in [1.807, 2.05) is 21.0 Å². The Hall–Kier alpha value is -1.66. The van der Waals surface area contributed by atoms with Crippen molar-refractivity contribution in [3.8, 4) is 0 Å². The van der Waals surface area contributed by atoms with E-state index in [1.54, 1.807) is 0 Å². The van der Waals surface area contributed by atoms with Crippen molar-refractivity contribution < 1.29 is 9.18 Å². The molecular weight excluding hydrogens is 271 g/mol. The van der Waals surface area contributed by atoms with Crippen molar-refractivity contribution in [2.24, 2.45) is 0 Å². The van der Waals surface area contributed by atoms with Gasteiger partial charge in [-0.3, -0.25) is 9.69 Å². The van der Waals surface area contributed by atoms with Gasteiger partial charge in [0.1, 0.15) is 5.82 Å². The molecule has 1 aliphatic rings. The molecule has 0 aliphatic carbocycles. The van der Waals surface area contributed by atoms with Gasteiger partial charge in [-0.1, -0.05) is 0 Å². The molecule has 1 aromatic rings. The van der Waals surface area contributed by atoms with Crippen molar-refractivity contribution in [1.29, 1.82) is 0 Å². The van der Waals surface area contributed by atoms with Crippen LogP contribution < -0.4 is 11.1 Å². The summed E-state index contributed by atoms with van der Waals surface area (Å²) in [7, 11) is 4.09. The normalized spacial score (nSPS) is 20.7. The van der Waals surface area contributed by atoms with Crippen LogP contribution in [0.4, 0.5) is 15.8 Å². The monoisotopic (exact) mass is 294 g/mol. The lowest BCUT2D eigenvalue weighted by atomic mass is 10.2. The second-order valence-corrected chi connectivity index (χ2v) is 5.81. The quantitative estimate of drug-likeness (QED) is 0.823. The molecule has 1 heterocycles. The maximum atomic E-state index is 13.6. The van der Waals surface area contributed by atoms with Gasteiger partial charge in [-0.15, -0.1) is 0 Å². The minimum absolute atomic E-state index is 0.134. The molecule has 2 unspecified atom stereocenters. The number of likely N-dealkylation sites (N-methyl/N-ethyl adjacent to an activating group) is 1.